The van der Waals surface area contributed by atoms with Gasteiger partial charge in [-0.05, 0) is 13.8 Å². The molecule has 0 amide bonds. The minimum absolute atomic E-state index is 0.267. The molecule has 0 saturated heterocycles. The normalized spacial score (nSPS) is 15.8. The zero-order valence-corrected chi connectivity index (χ0v) is 11.2. The van der Waals surface area contributed by atoms with E-state index in [2.05, 4.69) is 5.32 Å². The van der Waals surface area contributed by atoms with Crippen LogP contribution in [0.5, 0.6) is 0 Å². The topological polar surface area (TPSA) is 113 Å². The quantitative estimate of drug-likeness (QED) is 0.475. The van der Waals surface area contributed by atoms with Crippen LogP contribution in [-0.4, -0.2) is 50.2 Å². The summed E-state index contributed by atoms with van der Waals surface area (Å²) in [6, 6.07) is -0.968. The van der Waals surface area contributed by atoms with Crippen molar-refractivity contribution in [2.24, 2.45) is 5.73 Å². The highest BCUT2D eigenvalue weighted by Gasteiger charge is 2.23. The van der Waals surface area contributed by atoms with Crippen molar-refractivity contribution in [2.75, 3.05) is 6.54 Å². The van der Waals surface area contributed by atoms with Gasteiger partial charge in [-0.3, -0.25) is 9.59 Å². The Morgan fingerprint density at radius 3 is 2.41 bits per heavy atom. The molecule has 1 unspecified atom stereocenters. The van der Waals surface area contributed by atoms with Crippen LogP contribution in [0.1, 0.15) is 13.8 Å². The molecule has 0 aromatic carbocycles. The van der Waals surface area contributed by atoms with Crippen LogP contribution in [0, 0.1) is 0 Å². The number of carboxylic acid groups (broad SMARTS) is 1. The average molecular weight is 280 g/mol. The van der Waals surface area contributed by atoms with Gasteiger partial charge in [0.1, 0.15) is 12.6 Å². The van der Waals surface area contributed by atoms with Crippen LogP contribution in [0.3, 0.4) is 0 Å². The molecule has 0 bridgehead atoms. The minimum Gasteiger partial charge on any atom is -0.480 e. The van der Waals surface area contributed by atoms with E-state index in [4.69, 9.17) is 28.2 Å². The van der Waals surface area contributed by atoms with Crippen LogP contribution in [0.15, 0.2) is 0 Å². The molecule has 8 heteroatoms. The lowest BCUT2D eigenvalue weighted by molar-refractivity contribution is -0.135. The SMILES string of the molecule is CC(SC(=O)[C@@H](N)[C@@H](C)O)C(=S)NCC(=O)O. The molecule has 0 aliphatic rings. The first-order valence-electron chi connectivity index (χ1n) is 4.89. The van der Waals surface area contributed by atoms with Gasteiger partial charge < -0.3 is 21.3 Å². The van der Waals surface area contributed by atoms with Crippen molar-refractivity contribution in [2.45, 2.75) is 31.2 Å². The number of aliphatic hydroxyl groups is 1. The first kappa shape index (κ1) is 16.3. The van der Waals surface area contributed by atoms with Crippen molar-refractivity contribution in [3.63, 3.8) is 0 Å². The Bertz CT molecular complexity index is 309. The van der Waals surface area contributed by atoms with Gasteiger partial charge in [-0.2, -0.15) is 0 Å². The number of rotatable bonds is 6. The summed E-state index contributed by atoms with van der Waals surface area (Å²) < 4.78 is 0. The maximum Gasteiger partial charge on any atom is 0.322 e. The molecule has 0 radical (unpaired) electrons. The van der Waals surface area contributed by atoms with Crippen molar-refractivity contribution < 1.29 is 19.8 Å². The van der Waals surface area contributed by atoms with Crippen molar-refractivity contribution in [3.05, 3.63) is 0 Å². The fourth-order valence-electron chi connectivity index (χ4n) is 0.810. The second kappa shape index (κ2) is 7.59. The van der Waals surface area contributed by atoms with Crippen LogP contribution in [0.25, 0.3) is 0 Å². The number of thioether (sulfide) groups is 1. The number of carbonyl (C=O) groups excluding carboxylic acids is 1. The number of carboxylic acids is 1. The van der Waals surface area contributed by atoms with Crippen LogP contribution in [0.2, 0.25) is 0 Å². The second-order valence-corrected chi connectivity index (χ2v) is 5.24. The number of aliphatic carboxylic acids is 1. The third-order valence-corrected chi connectivity index (χ3v) is 3.61. The third kappa shape index (κ3) is 6.57. The highest BCUT2D eigenvalue weighted by molar-refractivity contribution is 8.15. The number of nitrogens with two attached hydrogens (primary N) is 1. The first-order valence-corrected chi connectivity index (χ1v) is 6.18. The van der Waals surface area contributed by atoms with Crippen LogP contribution in [-0.2, 0) is 9.59 Å². The molecule has 0 aliphatic carbocycles. The molecule has 17 heavy (non-hydrogen) atoms. The van der Waals surface area contributed by atoms with E-state index in [0.29, 0.717) is 0 Å². The van der Waals surface area contributed by atoms with Gasteiger partial charge in [-0.1, -0.05) is 24.0 Å². The fraction of sp³-hybridized carbons (Fsp3) is 0.667. The zero-order chi connectivity index (χ0) is 13.6. The molecule has 6 nitrogen and oxygen atoms in total. The van der Waals surface area contributed by atoms with Gasteiger partial charge in [-0.25, -0.2) is 0 Å². The van der Waals surface area contributed by atoms with E-state index in [0.717, 1.165) is 11.8 Å². The van der Waals surface area contributed by atoms with Gasteiger partial charge in [0, 0.05) is 0 Å². The third-order valence-electron chi connectivity index (χ3n) is 1.87. The molecule has 3 atom stereocenters. The molecule has 0 fully saturated rings. The number of nitrogens with one attached hydrogen (secondary N) is 1. The van der Waals surface area contributed by atoms with Crippen molar-refractivity contribution in [3.8, 4) is 0 Å². The number of carbonyl (C=O) groups is 2. The van der Waals surface area contributed by atoms with Gasteiger partial charge in [0.15, 0.2) is 0 Å². The highest BCUT2D eigenvalue weighted by Crippen LogP contribution is 2.15. The van der Waals surface area contributed by atoms with Crippen molar-refractivity contribution >= 4 is 40.1 Å². The molecule has 0 spiro atoms. The van der Waals surface area contributed by atoms with Gasteiger partial charge in [-0.15, -0.1) is 0 Å². The Morgan fingerprint density at radius 2 is 2.00 bits per heavy atom. The molecule has 0 aromatic rings. The monoisotopic (exact) mass is 280 g/mol. The second-order valence-electron chi connectivity index (χ2n) is 3.46. The van der Waals surface area contributed by atoms with Crippen LogP contribution < -0.4 is 11.1 Å². The Labute approximate surface area is 109 Å². The van der Waals surface area contributed by atoms with Gasteiger partial charge in [0.05, 0.1) is 16.3 Å². The van der Waals surface area contributed by atoms with E-state index in [9.17, 15) is 9.59 Å². The predicted molar refractivity (Wildman–Crippen MR) is 70.0 cm³/mol. The van der Waals surface area contributed by atoms with Crippen molar-refractivity contribution in [1.29, 1.82) is 0 Å². The maximum absolute atomic E-state index is 11.5. The van der Waals surface area contributed by atoms with E-state index in [1.807, 2.05) is 0 Å². The lowest BCUT2D eigenvalue weighted by Gasteiger charge is -2.17. The van der Waals surface area contributed by atoms with Gasteiger partial charge in [0.25, 0.3) is 0 Å². The first-order chi connectivity index (χ1) is 7.75. The lowest BCUT2D eigenvalue weighted by Crippen LogP contribution is -2.41. The number of thiocarbonyl (C=S) groups is 1. The highest BCUT2D eigenvalue weighted by atomic mass is 32.2. The fourth-order valence-corrected chi connectivity index (χ4v) is 1.92. The number of hydrogen-bond acceptors (Lipinski definition) is 6. The summed E-state index contributed by atoms with van der Waals surface area (Å²) in [6.07, 6.45) is -0.928. The zero-order valence-electron chi connectivity index (χ0n) is 9.54. The van der Waals surface area contributed by atoms with E-state index in [-0.39, 0.29) is 21.9 Å². The summed E-state index contributed by atoms with van der Waals surface area (Å²) in [4.78, 5) is 22.1. The Morgan fingerprint density at radius 1 is 1.47 bits per heavy atom. The largest absolute Gasteiger partial charge is 0.480 e. The van der Waals surface area contributed by atoms with Crippen LogP contribution in [0.4, 0.5) is 0 Å². The van der Waals surface area contributed by atoms with E-state index in [1.54, 1.807) is 6.92 Å². The number of hydrogen-bond donors (Lipinski definition) is 4. The molecule has 0 rings (SSSR count). The smallest absolute Gasteiger partial charge is 0.322 e. The molecule has 0 saturated carbocycles. The Balaban J connectivity index is 4.16. The molecule has 0 heterocycles. The summed E-state index contributed by atoms with van der Waals surface area (Å²) in [5, 5.41) is 19.3. The summed E-state index contributed by atoms with van der Waals surface area (Å²) in [5.74, 6) is -1.03. The van der Waals surface area contributed by atoms with E-state index >= 15 is 0 Å². The predicted octanol–water partition coefficient (Wildman–Crippen LogP) is -0.656. The minimum atomic E-state index is -1.03. The molecular formula is C9H16N2O4S2. The molecule has 0 aromatic heterocycles. The van der Waals surface area contributed by atoms with E-state index < -0.39 is 18.1 Å². The Kier molecular flexibility index (Phi) is 7.28. The standard InChI is InChI=1S/C9H16N2O4S2/c1-4(12)7(10)9(15)17-5(2)8(16)11-3-6(13)14/h4-5,7,12H,3,10H2,1-2H3,(H,11,16)(H,13,14)/t4-,5?,7+/m1/s1. The molecular weight excluding hydrogens is 264 g/mol. The summed E-state index contributed by atoms with van der Waals surface area (Å²) in [6.45, 7) is 2.80. The molecule has 0 aliphatic heterocycles. The lowest BCUT2D eigenvalue weighted by atomic mass is 10.2. The Hall–Kier alpha value is -0.700. The average Bonchev–Trinajstić information content (AvgIpc) is 2.24. The van der Waals surface area contributed by atoms with Gasteiger partial charge in [0.2, 0.25) is 5.12 Å². The summed E-state index contributed by atoms with van der Waals surface area (Å²) in [5.41, 5.74) is 5.45. The van der Waals surface area contributed by atoms with Gasteiger partial charge >= 0.3 is 5.97 Å². The van der Waals surface area contributed by atoms with E-state index in [1.165, 1.54) is 6.92 Å². The summed E-state index contributed by atoms with van der Waals surface area (Å²) >= 11 is 5.79. The summed E-state index contributed by atoms with van der Waals surface area (Å²) in [7, 11) is 0. The van der Waals surface area contributed by atoms with Crippen LogP contribution >= 0.6 is 24.0 Å². The van der Waals surface area contributed by atoms with Crippen molar-refractivity contribution in [1.82, 2.24) is 5.32 Å². The molecule has 98 valence electrons. The number of aliphatic hydroxyl groups excluding tert-OH is 1. The molecule has 5 N–H and O–H groups in total. The maximum atomic E-state index is 11.5.